The molecule has 0 atom stereocenters. The van der Waals surface area contributed by atoms with Gasteiger partial charge in [-0.2, -0.15) is 0 Å². The van der Waals surface area contributed by atoms with Crippen molar-refractivity contribution in [2.45, 2.75) is 19.9 Å². The van der Waals surface area contributed by atoms with Crippen LogP contribution in [0.4, 0.5) is 5.95 Å². The smallest absolute Gasteiger partial charge is 0.258 e. The molecule has 0 aliphatic rings. The molecular weight excluding hydrogens is 290 g/mol. The fourth-order valence-corrected chi connectivity index (χ4v) is 2.20. The van der Waals surface area contributed by atoms with Gasteiger partial charge in [-0.1, -0.05) is 30.3 Å². The van der Waals surface area contributed by atoms with Crippen molar-refractivity contribution in [3.8, 4) is 0 Å². The van der Waals surface area contributed by atoms with Crippen LogP contribution in [0, 0.1) is 6.92 Å². The summed E-state index contributed by atoms with van der Waals surface area (Å²) in [4.78, 5) is 16.8. The summed E-state index contributed by atoms with van der Waals surface area (Å²) in [5.41, 5.74) is 2.38. The highest BCUT2D eigenvalue weighted by molar-refractivity contribution is 6.07. The predicted molar refractivity (Wildman–Crippen MR) is 83.5 cm³/mol. The molecule has 0 amide bonds. The van der Waals surface area contributed by atoms with E-state index in [1.54, 1.807) is 7.05 Å². The number of halogens is 1. The topological polar surface area (TPSA) is 56.2 Å². The van der Waals surface area contributed by atoms with Gasteiger partial charge in [0.15, 0.2) is 0 Å². The standard InChI is InChI=1S/C15H18ClN3O2/c1-11-13(8-9-21-16)14(20)19(2)15(18-11)17-10-12-6-4-3-5-7-12/h3-7H,8-10H2,1-2H3,(H,17,18). The SMILES string of the molecule is Cc1nc(NCc2ccccc2)n(C)c(=O)c1CCOCl. The van der Waals surface area contributed by atoms with Gasteiger partial charge >= 0.3 is 0 Å². The van der Waals surface area contributed by atoms with Gasteiger partial charge in [0.05, 0.1) is 24.2 Å². The second kappa shape index (κ2) is 7.24. The summed E-state index contributed by atoms with van der Waals surface area (Å²) in [6.07, 6.45) is 0.452. The van der Waals surface area contributed by atoms with Crippen molar-refractivity contribution in [2.24, 2.45) is 7.05 Å². The molecule has 1 heterocycles. The Morgan fingerprint density at radius 2 is 2.05 bits per heavy atom. The second-order valence-electron chi connectivity index (χ2n) is 4.77. The van der Waals surface area contributed by atoms with E-state index in [9.17, 15) is 4.79 Å². The minimum Gasteiger partial charge on any atom is -0.351 e. The van der Waals surface area contributed by atoms with E-state index < -0.39 is 0 Å². The quantitative estimate of drug-likeness (QED) is 0.890. The molecule has 0 radical (unpaired) electrons. The molecule has 2 rings (SSSR count). The van der Waals surface area contributed by atoms with Crippen LogP contribution in [0.25, 0.3) is 0 Å². The highest BCUT2D eigenvalue weighted by Gasteiger charge is 2.11. The van der Waals surface area contributed by atoms with Crippen molar-refractivity contribution >= 4 is 17.8 Å². The summed E-state index contributed by atoms with van der Waals surface area (Å²) in [5, 5.41) is 3.19. The first-order chi connectivity index (χ1) is 10.1. The van der Waals surface area contributed by atoms with E-state index in [4.69, 9.17) is 11.9 Å². The molecule has 1 aromatic carbocycles. The summed E-state index contributed by atoms with van der Waals surface area (Å²) in [7, 11) is 1.70. The fraction of sp³-hybridized carbons (Fsp3) is 0.333. The molecular formula is C15H18ClN3O2. The first-order valence-corrected chi connectivity index (χ1v) is 7.02. The van der Waals surface area contributed by atoms with Gasteiger partial charge < -0.3 is 5.32 Å². The van der Waals surface area contributed by atoms with Crippen molar-refractivity contribution in [2.75, 3.05) is 11.9 Å². The van der Waals surface area contributed by atoms with Crippen molar-refractivity contribution in [1.29, 1.82) is 0 Å². The van der Waals surface area contributed by atoms with Crippen LogP contribution in [0.3, 0.4) is 0 Å². The van der Waals surface area contributed by atoms with Crippen LogP contribution in [0.2, 0.25) is 0 Å². The lowest BCUT2D eigenvalue weighted by Gasteiger charge is -2.13. The molecule has 5 nitrogen and oxygen atoms in total. The zero-order valence-corrected chi connectivity index (χ0v) is 12.9. The summed E-state index contributed by atoms with van der Waals surface area (Å²) in [5.74, 6) is 0.553. The van der Waals surface area contributed by atoms with Crippen LogP contribution in [0.15, 0.2) is 35.1 Å². The van der Waals surface area contributed by atoms with Gasteiger partial charge in [0, 0.05) is 25.6 Å². The van der Waals surface area contributed by atoms with Gasteiger partial charge in [-0.15, -0.1) is 0 Å². The summed E-state index contributed by atoms with van der Waals surface area (Å²) >= 11 is 5.20. The Morgan fingerprint density at radius 1 is 1.33 bits per heavy atom. The number of nitrogens with one attached hydrogen (secondary N) is 1. The van der Waals surface area contributed by atoms with Crippen LogP contribution >= 0.6 is 11.9 Å². The molecule has 0 fully saturated rings. The molecule has 1 aromatic heterocycles. The minimum absolute atomic E-state index is 0.0771. The van der Waals surface area contributed by atoms with Gasteiger partial charge in [0.2, 0.25) is 5.95 Å². The summed E-state index contributed by atoms with van der Waals surface area (Å²) in [6, 6.07) is 9.96. The van der Waals surface area contributed by atoms with Crippen LogP contribution in [0.1, 0.15) is 16.8 Å². The number of hydrogen-bond donors (Lipinski definition) is 1. The summed E-state index contributed by atoms with van der Waals surface area (Å²) < 4.78 is 6.03. The maximum atomic E-state index is 12.3. The van der Waals surface area contributed by atoms with E-state index in [-0.39, 0.29) is 12.2 Å². The predicted octanol–water partition coefficient (Wildman–Crippen LogP) is 2.41. The molecule has 0 aliphatic heterocycles. The van der Waals surface area contributed by atoms with Gasteiger partial charge in [0.25, 0.3) is 5.56 Å². The Kier molecular flexibility index (Phi) is 5.36. The zero-order chi connectivity index (χ0) is 15.2. The monoisotopic (exact) mass is 307 g/mol. The third-order valence-electron chi connectivity index (χ3n) is 3.31. The molecule has 112 valence electrons. The highest BCUT2D eigenvalue weighted by atomic mass is 35.5. The molecule has 0 saturated heterocycles. The zero-order valence-electron chi connectivity index (χ0n) is 12.1. The third-order valence-corrected chi connectivity index (χ3v) is 3.47. The van der Waals surface area contributed by atoms with E-state index in [1.165, 1.54) is 4.57 Å². The van der Waals surface area contributed by atoms with Crippen molar-refractivity contribution in [3.63, 3.8) is 0 Å². The van der Waals surface area contributed by atoms with Crippen LogP contribution in [-0.2, 0) is 24.3 Å². The number of aryl methyl sites for hydroxylation is 1. The number of aromatic nitrogens is 2. The van der Waals surface area contributed by atoms with Gasteiger partial charge in [0.1, 0.15) is 0 Å². The Hall–Kier alpha value is -1.85. The van der Waals surface area contributed by atoms with Crippen LogP contribution in [0.5, 0.6) is 0 Å². The average molecular weight is 308 g/mol. The van der Waals surface area contributed by atoms with E-state index in [0.29, 0.717) is 30.2 Å². The molecule has 0 bridgehead atoms. The maximum absolute atomic E-state index is 12.3. The lowest BCUT2D eigenvalue weighted by molar-refractivity contribution is 0.355. The molecule has 1 N–H and O–H groups in total. The highest BCUT2D eigenvalue weighted by Crippen LogP contribution is 2.08. The van der Waals surface area contributed by atoms with Crippen molar-refractivity contribution in [1.82, 2.24) is 9.55 Å². The minimum atomic E-state index is -0.0771. The van der Waals surface area contributed by atoms with E-state index >= 15 is 0 Å². The number of hydrogen-bond acceptors (Lipinski definition) is 4. The molecule has 6 heteroatoms. The molecule has 0 saturated carbocycles. The normalized spacial score (nSPS) is 10.6. The van der Waals surface area contributed by atoms with Crippen LogP contribution in [-0.4, -0.2) is 16.2 Å². The van der Waals surface area contributed by atoms with E-state index in [2.05, 4.69) is 14.6 Å². The number of benzene rings is 1. The molecule has 2 aromatic rings. The molecule has 0 aliphatic carbocycles. The first-order valence-electron chi connectivity index (χ1n) is 6.71. The number of anilines is 1. The molecule has 0 unspecified atom stereocenters. The van der Waals surface area contributed by atoms with E-state index in [1.807, 2.05) is 37.3 Å². The van der Waals surface area contributed by atoms with Gasteiger partial charge in [-0.3, -0.25) is 13.7 Å². The van der Waals surface area contributed by atoms with Crippen LogP contribution < -0.4 is 10.9 Å². The average Bonchev–Trinajstić information content (AvgIpc) is 2.50. The van der Waals surface area contributed by atoms with E-state index in [0.717, 1.165) is 5.56 Å². The maximum Gasteiger partial charge on any atom is 0.258 e. The Balaban J connectivity index is 2.19. The van der Waals surface area contributed by atoms with Gasteiger partial charge in [-0.05, 0) is 12.5 Å². The first kappa shape index (κ1) is 15.5. The van der Waals surface area contributed by atoms with Gasteiger partial charge in [-0.25, -0.2) is 4.98 Å². The largest absolute Gasteiger partial charge is 0.351 e. The fourth-order valence-electron chi connectivity index (χ4n) is 2.12. The Labute approximate surface area is 128 Å². The molecule has 0 spiro atoms. The Bertz CT molecular complexity index is 656. The lowest BCUT2D eigenvalue weighted by Crippen LogP contribution is -2.27. The molecule has 21 heavy (non-hydrogen) atoms. The number of nitrogens with zero attached hydrogens (tertiary/aromatic N) is 2. The van der Waals surface area contributed by atoms with Crippen molar-refractivity contribution < 1.29 is 4.29 Å². The lowest BCUT2D eigenvalue weighted by atomic mass is 10.2. The Morgan fingerprint density at radius 3 is 2.71 bits per heavy atom. The second-order valence-corrected chi connectivity index (χ2v) is 4.98. The number of rotatable bonds is 6. The summed E-state index contributed by atoms with van der Waals surface area (Å²) in [6.45, 7) is 2.72. The van der Waals surface area contributed by atoms with Crippen molar-refractivity contribution in [3.05, 3.63) is 57.5 Å². The third kappa shape index (κ3) is 3.83.